The second-order valence-corrected chi connectivity index (χ2v) is 2.68. The Morgan fingerprint density at radius 2 is 2.29 bits per heavy atom. The Labute approximate surface area is 82.3 Å². The van der Waals surface area contributed by atoms with Gasteiger partial charge in [0.2, 0.25) is 0 Å². The molecule has 0 radical (unpaired) electrons. The minimum Gasteiger partial charge on any atom is -0.507 e. The number of carbonyl (C=O) groups is 1. The molecule has 14 heavy (non-hydrogen) atoms. The van der Waals surface area contributed by atoms with Crippen molar-refractivity contribution >= 4 is 12.1 Å². The zero-order chi connectivity index (χ0) is 10.4. The first-order valence-corrected chi connectivity index (χ1v) is 4.35. The number of hydrogen-bond donors (Lipinski definition) is 2. The van der Waals surface area contributed by atoms with E-state index >= 15 is 0 Å². The van der Waals surface area contributed by atoms with E-state index in [1.54, 1.807) is 18.3 Å². The van der Waals surface area contributed by atoms with Crippen molar-refractivity contribution in [3.05, 3.63) is 29.8 Å². The van der Waals surface area contributed by atoms with Gasteiger partial charge in [-0.15, -0.1) is 0 Å². The predicted octanol–water partition coefficient (Wildman–Crippen LogP) is 1.52. The standard InChI is InChI=1S/C10H12N2O2/c1-2-7-11-12-10(14)8-5-3-4-6-9(8)13/h3-7,13H,2H2,1H3,(H,12,14)/b11-7-. The number of hydrazone groups is 1. The van der Waals surface area contributed by atoms with Crippen LogP contribution in [0.2, 0.25) is 0 Å². The molecule has 0 saturated carbocycles. The second-order valence-electron chi connectivity index (χ2n) is 2.68. The van der Waals surface area contributed by atoms with Crippen molar-refractivity contribution in [3.63, 3.8) is 0 Å². The van der Waals surface area contributed by atoms with E-state index in [9.17, 15) is 9.90 Å². The smallest absolute Gasteiger partial charge is 0.275 e. The highest BCUT2D eigenvalue weighted by Crippen LogP contribution is 2.14. The Bertz CT molecular complexity index is 348. The molecule has 0 heterocycles. The molecule has 0 spiro atoms. The topological polar surface area (TPSA) is 61.7 Å². The normalized spacial score (nSPS) is 10.4. The summed E-state index contributed by atoms with van der Waals surface area (Å²) in [7, 11) is 0. The highest BCUT2D eigenvalue weighted by molar-refractivity contribution is 5.96. The molecule has 1 rings (SSSR count). The van der Waals surface area contributed by atoms with E-state index in [0.717, 1.165) is 6.42 Å². The largest absolute Gasteiger partial charge is 0.507 e. The fourth-order valence-corrected chi connectivity index (χ4v) is 0.921. The van der Waals surface area contributed by atoms with Crippen molar-refractivity contribution in [1.29, 1.82) is 0 Å². The number of amides is 1. The maximum atomic E-state index is 11.4. The van der Waals surface area contributed by atoms with E-state index in [1.807, 2.05) is 6.92 Å². The number of nitrogens with one attached hydrogen (secondary N) is 1. The molecule has 0 atom stereocenters. The van der Waals surface area contributed by atoms with Crippen LogP contribution in [0, 0.1) is 0 Å². The van der Waals surface area contributed by atoms with Gasteiger partial charge in [0.1, 0.15) is 5.75 Å². The molecule has 0 fully saturated rings. The number of aromatic hydroxyl groups is 1. The second kappa shape index (κ2) is 5.01. The summed E-state index contributed by atoms with van der Waals surface area (Å²) in [5.41, 5.74) is 2.53. The Morgan fingerprint density at radius 3 is 2.93 bits per heavy atom. The van der Waals surface area contributed by atoms with Crippen molar-refractivity contribution in [2.75, 3.05) is 0 Å². The molecule has 0 aliphatic carbocycles. The maximum absolute atomic E-state index is 11.4. The van der Waals surface area contributed by atoms with Gasteiger partial charge >= 0.3 is 0 Å². The minimum absolute atomic E-state index is 0.0447. The molecule has 1 aromatic carbocycles. The van der Waals surface area contributed by atoms with E-state index < -0.39 is 5.91 Å². The molecular weight excluding hydrogens is 180 g/mol. The van der Waals surface area contributed by atoms with Crippen molar-refractivity contribution in [2.24, 2.45) is 5.10 Å². The van der Waals surface area contributed by atoms with Gasteiger partial charge in [0.15, 0.2) is 0 Å². The lowest BCUT2D eigenvalue weighted by Gasteiger charge is -2.01. The molecule has 0 aliphatic heterocycles. The molecule has 1 aromatic rings. The zero-order valence-corrected chi connectivity index (χ0v) is 7.90. The SMILES string of the molecule is CC/C=N\NC(=O)c1ccccc1O. The van der Waals surface area contributed by atoms with Crippen molar-refractivity contribution in [2.45, 2.75) is 13.3 Å². The van der Waals surface area contributed by atoms with Crippen LogP contribution in [0.5, 0.6) is 5.75 Å². The monoisotopic (exact) mass is 192 g/mol. The maximum Gasteiger partial charge on any atom is 0.275 e. The number of rotatable bonds is 3. The molecule has 0 saturated heterocycles. The van der Waals surface area contributed by atoms with Gasteiger partial charge in [-0.1, -0.05) is 19.1 Å². The molecule has 0 aromatic heterocycles. The molecule has 0 unspecified atom stereocenters. The Hall–Kier alpha value is -1.84. The first-order chi connectivity index (χ1) is 6.75. The summed E-state index contributed by atoms with van der Waals surface area (Å²) in [6.45, 7) is 1.91. The first-order valence-electron chi connectivity index (χ1n) is 4.35. The third-order valence-electron chi connectivity index (χ3n) is 1.59. The van der Waals surface area contributed by atoms with Gasteiger partial charge in [0, 0.05) is 6.21 Å². The highest BCUT2D eigenvalue weighted by atomic mass is 16.3. The lowest BCUT2D eigenvalue weighted by molar-refractivity contribution is 0.0952. The third-order valence-corrected chi connectivity index (χ3v) is 1.59. The van der Waals surface area contributed by atoms with Gasteiger partial charge in [-0.3, -0.25) is 4.79 Å². The fourth-order valence-electron chi connectivity index (χ4n) is 0.921. The van der Waals surface area contributed by atoms with Crippen molar-refractivity contribution in [3.8, 4) is 5.75 Å². The minimum atomic E-state index is -0.409. The number of carbonyl (C=O) groups excluding carboxylic acids is 1. The number of nitrogens with zero attached hydrogens (tertiary/aromatic N) is 1. The number of phenolic OH excluding ortho intramolecular Hbond substituents is 1. The summed E-state index contributed by atoms with van der Waals surface area (Å²) in [6.07, 6.45) is 2.33. The third kappa shape index (κ3) is 2.58. The molecular formula is C10H12N2O2. The van der Waals surface area contributed by atoms with Crippen LogP contribution in [0.1, 0.15) is 23.7 Å². The summed E-state index contributed by atoms with van der Waals surface area (Å²) in [5.74, 6) is -0.454. The summed E-state index contributed by atoms with van der Waals surface area (Å²) >= 11 is 0. The Kier molecular flexibility index (Phi) is 3.67. The van der Waals surface area contributed by atoms with Gasteiger partial charge in [-0.25, -0.2) is 5.43 Å². The van der Waals surface area contributed by atoms with E-state index in [-0.39, 0.29) is 11.3 Å². The van der Waals surface area contributed by atoms with Crippen molar-refractivity contribution in [1.82, 2.24) is 5.43 Å². The van der Waals surface area contributed by atoms with Crippen LogP contribution in [0.3, 0.4) is 0 Å². The van der Waals surface area contributed by atoms with E-state index in [4.69, 9.17) is 0 Å². The molecule has 4 nitrogen and oxygen atoms in total. The summed E-state index contributed by atoms with van der Waals surface area (Å²) in [4.78, 5) is 11.4. The molecule has 0 aliphatic rings. The first kappa shape index (κ1) is 10.2. The van der Waals surface area contributed by atoms with E-state index in [1.165, 1.54) is 12.1 Å². The number of phenols is 1. The Balaban J connectivity index is 2.70. The van der Waals surface area contributed by atoms with Crippen molar-refractivity contribution < 1.29 is 9.90 Å². The van der Waals surface area contributed by atoms with E-state index in [0.29, 0.717) is 0 Å². The van der Waals surface area contributed by atoms with Gasteiger partial charge in [0.05, 0.1) is 5.56 Å². The summed E-state index contributed by atoms with van der Waals surface area (Å²) in [6, 6.07) is 6.32. The van der Waals surface area contributed by atoms with Crippen LogP contribution in [-0.4, -0.2) is 17.2 Å². The van der Waals surface area contributed by atoms with Crippen LogP contribution < -0.4 is 5.43 Å². The summed E-state index contributed by atoms with van der Waals surface area (Å²) in [5, 5.41) is 13.0. The van der Waals surface area contributed by atoms with Gasteiger partial charge < -0.3 is 5.11 Å². The highest BCUT2D eigenvalue weighted by Gasteiger charge is 2.07. The quantitative estimate of drug-likeness (QED) is 0.563. The average Bonchev–Trinajstić information content (AvgIpc) is 2.18. The number of benzene rings is 1. The molecule has 4 heteroatoms. The van der Waals surface area contributed by atoms with Gasteiger partial charge in [-0.05, 0) is 18.6 Å². The van der Waals surface area contributed by atoms with Crippen LogP contribution in [0.4, 0.5) is 0 Å². The fraction of sp³-hybridized carbons (Fsp3) is 0.200. The average molecular weight is 192 g/mol. The number of para-hydroxylation sites is 1. The van der Waals surface area contributed by atoms with Crippen LogP contribution in [-0.2, 0) is 0 Å². The van der Waals surface area contributed by atoms with Crippen LogP contribution in [0.25, 0.3) is 0 Å². The van der Waals surface area contributed by atoms with Gasteiger partial charge in [-0.2, -0.15) is 5.10 Å². The molecule has 1 amide bonds. The predicted molar refractivity (Wildman–Crippen MR) is 54.4 cm³/mol. The van der Waals surface area contributed by atoms with E-state index in [2.05, 4.69) is 10.5 Å². The molecule has 74 valence electrons. The van der Waals surface area contributed by atoms with Crippen LogP contribution in [0.15, 0.2) is 29.4 Å². The number of hydrogen-bond acceptors (Lipinski definition) is 3. The lowest BCUT2D eigenvalue weighted by atomic mass is 10.2. The molecule has 0 bridgehead atoms. The Morgan fingerprint density at radius 1 is 1.57 bits per heavy atom. The van der Waals surface area contributed by atoms with Crippen LogP contribution >= 0.6 is 0 Å². The zero-order valence-electron chi connectivity index (χ0n) is 7.90. The molecule has 2 N–H and O–H groups in total. The van der Waals surface area contributed by atoms with Gasteiger partial charge in [0.25, 0.3) is 5.91 Å². The lowest BCUT2D eigenvalue weighted by Crippen LogP contribution is -2.17. The summed E-state index contributed by atoms with van der Waals surface area (Å²) < 4.78 is 0.